The fourth-order valence-electron chi connectivity index (χ4n) is 2.63. The number of hydrogen-bond donors (Lipinski definition) is 1. The third kappa shape index (κ3) is 4.94. The van der Waals surface area contributed by atoms with Gasteiger partial charge in [0.1, 0.15) is 5.75 Å². The number of ether oxygens (including phenoxy) is 1. The first-order chi connectivity index (χ1) is 13.2. The van der Waals surface area contributed by atoms with E-state index in [1.807, 2.05) is 24.3 Å². The summed E-state index contributed by atoms with van der Waals surface area (Å²) in [6.45, 7) is 2.91. The van der Waals surface area contributed by atoms with Crippen LogP contribution in [0.4, 0.5) is 0 Å². The van der Waals surface area contributed by atoms with E-state index in [4.69, 9.17) is 14.4 Å². The largest absolute Gasteiger partial charge is 0.494 e. The first-order valence-electron chi connectivity index (χ1n) is 9.08. The Morgan fingerprint density at radius 2 is 1.70 bits per heavy atom. The first-order valence-corrected chi connectivity index (χ1v) is 9.08. The van der Waals surface area contributed by atoms with Crippen LogP contribution < -0.4 is 4.74 Å². The van der Waals surface area contributed by atoms with E-state index in [0.717, 1.165) is 24.3 Å². The minimum atomic E-state index is -0.972. The van der Waals surface area contributed by atoms with Crippen LogP contribution in [0.5, 0.6) is 5.75 Å². The normalized spacial score (nSPS) is 10.7. The molecule has 0 amide bonds. The van der Waals surface area contributed by atoms with Gasteiger partial charge in [-0.1, -0.05) is 31.3 Å². The van der Waals surface area contributed by atoms with Crippen LogP contribution in [-0.4, -0.2) is 27.8 Å². The predicted molar refractivity (Wildman–Crippen MR) is 102 cm³/mol. The Morgan fingerprint density at radius 1 is 1.00 bits per heavy atom. The van der Waals surface area contributed by atoms with Crippen LogP contribution in [-0.2, 0) is 0 Å². The smallest absolute Gasteiger partial charge is 0.335 e. The van der Waals surface area contributed by atoms with Gasteiger partial charge in [-0.15, -0.1) is 0 Å². The first kappa shape index (κ1) is 18.6. The second-order valence-corrected chi connectivity index (χ2v) is 6.24. The molecule has 0 aliphatic carbocycles. The fourth-order valence-corrected chi connectivity index (χ4v) is 2.63. The number of carboxylic acid groups (broad SMARTS) is 1. The molecule has 6 heteroatoms. The SMILES string of the molecule is CCCCCCOc1ccc(-c2noc(-c3ccc(C(=O)O)cc3)n2)cc1. The van der Waals surface area contributed by atoms with Crippen molar-refractivity contribution >= 4 is 5.97 Å². The van der Waals surface area contributed by atoms with Crippen molar-refractivity contribution in [3.63, 3.8) is 0 Å². The summed E-state index contributed by atoms with van der Waals surface area (Å²) in [5.41, 5.74) is 1.71. The van der Waals surface area contributed by atoms with Gasteiger partial charge < -0.3 is 14.4 Å². The third-order valence-electron chi connectivity index (χ3n) is 4.18. The van der Waals surface area contributed by atoms with Crippen molar-refractivity contribution in [2.75, 3.05) is 6.61 Å². The summed E-state index contributed by atoms with van der Waals surface area (Å²) < 4.78 is 11.0. The number of aromatic carboxylic acids is 1. The summed E-state index contributed by atoms with van der Waals surface area (Å²) >= 11 is 0. The van der Waals surface area contributed by atoms with E-state index in [1.54, 1.807) is 12.1 Å². The molecule has 1 heterocycles. The van der Waals surface area contributed by atoms with Gasteiger partial charge in [-0.25, -0.2) is 4.79 Å². The molecular formula is C21H22N2O4. The van der Waals surface area contributed by atoms with Crippen LogP contribution in [0.1, 0.15) is 43.0 Å². The van der Waals surface area contributed by atoms with Gasteiger partial charge in [0.15, 0.2) is 0 Å². The lowest BCUT2D eigenvalue weighted by atomic mass is 10.1. The molecule has 0 saturated heterocycles. The van der Waals surface area contributed by atoms with Gasteiger partial charge in [0.25, 0.3) is 5.89 Å². The highest BCUT2D eigenvalue weighted by Gasteiger charge is 2.11. The molecule has 0 fully saturated rings. The maximum atomic E-state index is 10.9. The number of unbranched alkanes of at least 4 members (excludes halogenated alkanes) is 3. The standard InChI is InChI=1S/C21H22N2O4/c1-2-3-4-5-14-26-18-12-10-15(11-13-18)19-22-20(27-23-19)16-6-8-17(9-7-16)21(24)25/h6-13H,2-5,14H2,1H3,(H,24,25). The van der Waals surface area contributed by atoms with Gasteiger partial charge in [0.2, 0.25) is 5.82 Å². The minimum absolute atomic E-state index is 0.212. The van der Waals surface area contributed by atoms with Crippen molar-refractivity contribution in [2.24, 2.45) is 0 Å². The highest BCUT2D eigenvalue weighted by molar-refractivity contribution is 5.88. The molecule has 0 spiro atoms. The summed E-state index contributed by atoms with van der Waals surface area (Å²) in [7, 11) is 0. The lowest BCUT2D eigenvalue weighted by Gasteiger charge is -2.06. The molecule has 1 aromatic heterocycles. The Balaban J connectivity index is 1.63. The zero-order valence-electron chi connectivity index (χ0n) is 15.2. The lowest BCUT2D eigenvalue weighted by molar-refractivity contribution is 0.0697. The molecule has 3 rings (SSSR count). The van der Waals surface area contributed by atoms with Gasteiger partial charge in [-0.2, -0.15) is 4.98 Å². The van der Waals surface area contributed by atoms with Crippen molar-refractivity contribution < 1.29 is 19.2 Å². The maximum absolute atomic E-state index is 10.9. The molecule has 27 heavy (non-hydrogen) atoms. The van der Waals surface area contributed by atoms with E-state index < -0.39 is 5.97 Å². The molecule has 3 aromatic rings. The predicted octanol–water partition coefficient (Wildman–Crippen LogP) is 5.06. The molecule has 0 unspecified atom stereocenters. The second-order valence-electron chi connectivity index (χ2n) is 6.24. The average Bonchev–Trinajstić information content (AvgIpc) is 3.18. The van der Waals surface area contributed by atoms with E-state index in [9.17, 15) is 4.79 Å². The van der Waals surface area contributed by atoms with Crippen LogP contribution in [0.3, 0.4) is 0 Å². The quantitative estimate of drug-likeness (QED) is 0.533. The summed E-state index contributed by atoms with van der Waals surface area (Å²) in [4.78, 5) is 15.3. The van der Waals surface area contributed by atoms with Crippen LogP contribution >= 0.6 is 0 Å². The molecule has 0 radical (unpaired) electrons. The average molecular weight is 366 g/mol. The number of benzene rings is 2. The second kappa shape index (κ2) is 8.98. The molecule has 6 nitrogen and oxygen atoms in total. The number of hydrogen-bond acceptors (Lipinski definition) is 5. The number of aromatic nitrogens is 2. The van der Waals surface area contributed by atoms with Gasteiger partial charge in [0.05, 0.1) is 12.2 Å². The fraction of sp³-hybridized carbons (Fsp3) is 0.286. The van der Waals surface area contributed by atoms with Gasteiger partial charge in [-0.05, 0) is 55.0 Å². The van der Waals surface area contributed by atoms with Crippen LogP contribution in [0.15, 0.2) is 53.1 Å². The van der Waals surface area contributed by atoms with Crippen LogP contribution in [0.25, 0.3) is 22.8 Å². The van der Waals surface area contributed by atoms with Crippen molar-refractivity contribution in [3.05, 3.63) is 54.1 Å². The maximum Gasteiger partial charge on any atom is 0.335 e. The van der Waals surface area contributed by atoms with Crippen molar-refractivity contribution in [1.29, 1.82) is 0 Å². The van der Waals surface area contributed by atoms with Gasteiger partial charge >= 0.3 is 5.97 Å². The monoisotopic (exact) mass is 366 g/mol. The Kier molecular flexibility index (Phi) is 6.20. The van der Waals surface area contributed by atoms with Crippen molar-refractivity contribution in [2.45, 2.75) is 32.6 Å². The summed E-state index contributed by atoms with van der Waals surface area (Å²) in [6.07, 6.45) is 4.70. The molecule has 1 N–H and O–H groups in total. The highest BCUT2D eigenvalue weighted by atomic mass is 16.5. The Hall–Kier alpha value is -3.15. The van der Waals surface area contributed by atoms with Crippen LogP contribution in [0, 0.1) is 0 Å². The zero-order valence-corrected chi connectivity index (χ0v) is 15.2. The molecule has 0 atom stereocenters. The molecule has 0 saturated carbocycles. The zero-order chi connectivity index (χ0) is 19.1. The Morgan fingerprint density at radius 3 is 2.37 bits per heavy atom. The molecule has 0 aliphatic rings. The molecule has 0 bridgehead atoms. The Labute approximate surface area is 157 Å². The van der Waals surface area contributed by atoms with E-state index in [0.29, 0.717) is 17.3 Å². The summed E-state index contributed by atoms with van der Waals surface area (Å²) in [5, 5.41) is 13.0. The number of nitrogens with zero attached hydrogens (tertiary/aromatic N) is 2. The van der Waals surface area contributed by atoms with E-state index in [2.05, 4.69) is 17.1 Å². The van der Waals surface area contributed by atoms with Gasteiger partial charge in [-0.3, -0.25) is 0 Å². The summed E-state index contributed by atoms with van der Waals surface area (Å²) in [6, 6.07) is 13.9. The topological polar surface area (TPSA) is 85.5 Å². The molecular weight excluding hydrogens is 344 g/mol. The number of carbonyl (C=O) groups is 1. The molecule has 140 valence electrons. The van der Waals surface area contributed by atoms with Crippen LogP contribution in [0.2, 0.25) is 0 Å². The molecule has 0 aliphatic heterocycles. The van der Waals surface area contributed by atoms with Gasteiger partial charge in [0, 0.05) is 11.1 Å². The minimum Gasteiger partial charge on any atom is -0.494 e. The Bertz CT molecular complexity index is 870. The van der Waals surface area contributed by atoms with Crippen molar-refractivity contribution in [1.82, 2.24) is 10.1 Å². The van der Waals surface area contributed by atoms with E-state index in [-0.39, 0.29) is 5.56 Å². The highest BCUT2D eigenvalue weighted by Crippen LogP contribution is 2.24. The molecule has 2 aromatic carbocycles. The number of rotatable bonds is 9. The summed E-state index contributed by atoms with van der Waals surface area (Å²) in [5.74, 6) is 0.670. The van der Waals surface area contributed by atoms with Crippen molar-refractivity contribution in [3.8, 4) is 28.6 Å². The third-order valence-corrected chi connectivity index (χ3v) is 4.18. The van der Waals surface area contributed by atoms with E-state index in [1.165, 1.54) is 31.4 Å². The van der Waals surface area contributed by atoms with E-state index >= 15 is 0 Å². The lowest BCUT2D eigenvalue weighted by Crippen LogP contribution is -1.97. The number of carboxylic acids is 1.